The lowest BCUT2D eigenvalue weighted by Gasteiger charge is -2.15. The lowest BCUT2D eigenvalue weighted by Crippen LogP contribution is -2.24. The quantitative estimate of drug-likeness (QED) is 0.793. The molecule has 0 spiro atoms. The van der Waals surface area contributed by atoms with Gasteiger partial charge in [-0.25, -0.2) is 0 Å². The van der Waals surface area contributed by atoms with Crippen LogP contribution in [0.3, 0.4) is 0 Å². The lowest BCUT2D eigenvalue weighted by atomic mass is 9.96. The van der Waals surface area contributed by atoms with Crippen molar-refractivity contribution in [3.05, 3.63) is 28.8 Å². The van der Waals surface area contributed by atoms with Crippen LogP contribution in [-0.2, 0) is 11.2 Å². The number of aryl methyl sites for hydroxylation is 2. The molecular weight excluding hydrogens is 214 g/mol. The Bertz CT molecular complexity index is 338. The van der Waals surface area contributed by atoms with E-state index in [1.165, 1.54) is 23.6 Å². The van der Waals surface area contributed by atoms with Gasteiger partial charge in [0, 0.05) is 6.04 Å². The number of benzene rings is 1. The van der Waals surface area contributed by atoms with Gasteiger partial charge in [0.2, 0.25) is 0 Å². The number of aldehydes is 1. The van der Waals surface area contributed by atoms with E-state index in [0.29, 0.717) is 11.8 Å². The summed E-state index contributed by atoms with van der Waals surface area (Å²) < 4.78 is 0. The molecule has 96 valence electrons. The highest BCUT2D eigenvalue weighted by atomic mass is 16.3. The Morgan fingerprint density at radius 1 is 1.35 bits per heavy atom. The first-order valence-corrected chi connectivity index (χ1v) is 5.82. The Hall–Kier alpha value is -1.35. The topological polar surface area (TPSA) is 49.3 Å². The molecule has 1 rings (SSSR count). The molecule has 0 bridgehead atoms. The molecule has 0 aromatic heterocycles. The number of carbonyl (C=O) groups is 1. The van der Waals surface area contributed by atoms with E-state index in [1.54, 1.807) is 0 Å². The first-order valence-electron chi connectivity index (χ1n) is 5.82. The number of rotatable bonds is 3. The molecule has 0 aliphatic rings. The van der Waals surface area contributed by atoms with Crippen LogP contribution >= 0.6 is 0 Å². The standard InChI is InChI=1S/C12H19NO.C2H4O/c1-8-5-11(14)6-9(2)12(8)7-10(3)13-4;1-2-3/h5-6,10,13-14H,7H2,1-4H3;2H,1H3/t10-;/m1./s1. The van der Waals surface area contributed by atoms with Gasteiger partial charge in [0.1, 0.15) is 12.0 Å². The van der Waals surface area contributed by atoms with E-state index in [0.717, 1.165) is 12.7 Å². The fourth-order valence-corrected chi connectivity index (χ4v) is 1.70. The van der Waals surface area contributed by atoms with Crippen LogP contribution < -0.4 is 5.32 Å². The predicted octanol–water partition coefficient (Wildman–Crippen LogP) is 2.36. The van der Waals surface area contributed by atoms with Gasteiger partial charge in [-0.1, -0.05) is 0 Å². The van der Waals surface area contributed by atoms with Crippen LogP contribution in [0.1, 0.15) is 30.5 Å². The minimum absolute atomic E-state index is 0.362. The molecule has 0 fully saturated rings. The molecule has 17 heavy (non-hydrogen) atoms. The summed E-state index contributed by atoms with van der Waals surface area (Å²) in [7, 11) is 1.97. The normalized spacial score (nSPS) is 11.4. The largest absolute Gasteiger partial charge is 0.508 e. The van der Waals surface area contributed by atoms with Crippen molar-refractivity contribution in [2.45, 2.75) is 40.2 Å². The Balaban J connectivity index is 0.000000770. The number of phenolic OH excluding ortho intramolecular Hbond substituents is 1. The Labute approximate surface area is 104 Å². The zero-order valence-corrected chi connectivity index (χ0v) is 11.4. The van der Waals surface area contributed by atoms with Crippen LogP contribution in [0.25, 0.3) is 0 Å². The van der Waals surface area contributed by atoms with Crippen molar-refractivity contribution < 1.29 is 9.90 Å². The van der Waals surface area contributed by atoms with Crippen LogP contribution in [-0.4, -0.2) is 24.5 Å². The zero-order valence-electron chi connectivity index (χ0n) is 11.4. The molecule has 0 aliphatic heterocycles. The van der Waals surface area contributed by atoms with Crippen molar-refractivity contribution in [3.63, 3.8) is 0 Å². The number of carbonyl (C=O) groups excluding carboxylic acids is 1. The molecule has 3 nitrogen and oxygen atoms in total. The number of nitrogens with one attached hydrogen (secondary N) is 1. The number of likely N-dealkylation sites (N-methyl/N-ethyl adjacent to an activating group) is 1. The van der Waals surface area contributed by atoms with Crippen LogP contribution in [0.5, 0.6) is 5.75 Å². The maximum Gasteiger partial charge on any atom is 0.116 e. The highest BCUT2D eigenvalue weighted by molar-refractivity contribution is 5.44. The van der Waals surface area contributed by atoms with E-state index in [9.17, 15) is 5.11 Å². The fourth-order valence-electron chi connectivity index (χ4n) is 1.70. The first kappa shape index (κ1) is 15.7. The van der Waals surface area contributed by atoms with Gasteiger partial charge in [0.25, 0.3) is 0 Å². The SMILES string of the molecule is CC=O.CN[C@H](C)Cc1c(C)cc(O)cc1C. The predicted molar refractivity (Wildman–Crippen MR) is 71.5 cm³/mol. The molecule has 2 N–H and O–H groups in total. The van der Waals surface area contributed by atoms with Crippen molar-refractivity contribution in [2.24, 2.45) is 0 Å². The van der Waals surface area contributed by atoms with E-state index in [1.807, 2.05) is 33.0 Å². The number of hydrogen-bond donors (Lipinski definition) is 2. The third-order valence-corrected chi connectivity index (χ3v) is 2.68. The maximum atomic E-state index is 9.39. The molecule has 0 saturated heterocycles. The smallest absolute Gasteiger partial charge is 0.116 e. The summed E-state index contributed by atoms with van der Waals surface area (Å²) in [5.74, 6) is 0.362. The van der Waals surface area contributed by atoms with Gasteiger partial charge in [0.15, 0.2) is 0 Å². The molecule has 1 atom stereocenters. The van der Waals surface area contributed by atoms with E-state index >= 15 is 0 Å². The third-order valence-electron chi connectivity index (χ3n) is 2.68. The molecule has 3 heteroatoms. The van der Waals surface area contributed by atoms with Crippen molar-refractivity contribution >= 4 is 6.29 Å². The molecule has 0 unspecified atom stereocenters. The van der Waals surface area contributed by atoms with Gasteiger partial charge in [0.05, 0.1) is 0 Å². The van der Waals surface area contributed by atoms with E-state index < -0.39 is 0 Å². The van der Waals surface area contributed by atoms with Crippen molar-refractivity contribution in [1.82, 2.24) is 5.32 Å². The van der Waals surface area contributed by atoms with Crippen LogP contribution in [0.4, 0.5) is 0 Å². The van der Waals surface area contributed by atoms with E-state index in [-0.39, 0.29) is 0 Å². The highest BCUT2D eigenvalue weighted by Crippen LogP contribution is 2.21. The summed E-state index contributed by atoms with van der Waals surface area (Å²) in [4.78, 5) is 8.81. The Morgan fingerprint density at radius 3 is 2.12 bits per heavy atom. The molecule has 0 saturated carbocycles. The van der Waals surface area contributed by atoms with Crippen molar-refractivity contribution in [1.29, 1.82) is 0 Å². The summed E-state index contributed by atoms with van der Waals surface area (Å²) >= 11 is 0. The molecule has 0 amide bonds. The van der Waals surface area contributed by atoms with Crippen molar-refractivity contribution in [3.8, 4) is 5.75 Å². The minimum atomic E-state index is 0.362. The first-order chi connectivity index (χ1) is 7.96. The molecule has 0 heterocycles. The van der Waals surface area contributed by atoms with Gasteiger partial charge in [-0.3, -0.25) is 0 Å². The van der Waals surface area contributed by atoms with Gasteiger partial charge >= 0.3 is 0 Å². The number of phenols is 1. The van der Waals surface area contributed by atoms with Crippen LogP contribution in [0.15, 0.2) is 12.1 Å². The Kier molecular flexibility index (Phi) is 7.22. The number of aromatic hydroxyl groups is 1. The molecule has 1 aromatic carbocycles. The summed E-state index contributed by atoms with van der Waals surface area (Å²) in [5, 5.41) is 12.6. The second-order valence-electron chi connectivity index (χ2n) is 4.19. The van der Waals surface area contributed by atoms with Gasteiger partial charge < -0.3 is 15.2 Å². The Morgan fingerprint density at radius 2 is 1.76 bits per heavy atom. The van der Waals surface area contributed by atoms with Gasteiger partial charge in [-0.2, -0.15) is 0 Å². The average Bonchev–Trinajstić information content (AvgIpc) is 2.24. The summed E-state index contributed by atoms with van der Waals surface area (Å²) in [6, 6.07) is 4.12. The minimum Gasteiger partial charge on any atom is -0.508 e. The maximum absolute atomic E-state index is 9.39. The molecule has 0 radical (unpaired) electrons. The summed E-state index contributed by atoms with van der Waals surface area (Å²) in [6.07, 6.45) is 1.76. The zero-order chi connectivity index (χ0) is 13.4. The second-order valence-corrected chi connectivity index (χ2v) is 4.19. The van der Waals surface area contributed by atoms with Crippen molar-refractivity contribution in [2.75, 3.05) is 7.05 Å². The van der Waals surface area contributed by atoms with E-state index in [4.69, 9.17) is 4.79 Å². The van der Waals surface area contributed by atoms with Gasteiger partial charge in [-0.15, -0.1) is 0 Å². The molecule has 1 aromatic rings. The van der Waals surface area contributed by atoms with Gasteiger partial charge in [-0.05, 0) is 70.0 Å². The van der Waals surface area contributed by atoms with Crippen LogP contribution in [0.2, 0.25) is 0 Å². The highest BCUT2D eigenvalue weighted by Gasteiger charge is 2.07. The monoisotopic (exact) mass is 237 g/mol. The van der Waals surface area contributed by atoms with Crippen LogP contribution in [0, 0.1) is 13.8 Å². The summed E-state index contributed by atoms with van der Waals surface area (Å²) in [6.45, 7) is 7.70. The van der Waals surface area contributed by atoms with E-state index in [2.05, 4.69) is 12.2 Å². The summed E-state index contributed by atoms with van der Waals surface area (Å²) in [5.41, 5.74) is 3.68. The second kappa shape index (κ2) is 7.85. The third kappa shape index (κ3) is 5.50. The molecular formula is C14H23NO2. The molecule has 0 aliphatic carbocycles. The number of hydrogen-bond acceptors (Lipinski definition) is 3. The average molecular weight is 237 g/mol. The fraction of sp³-hybridized carbons (Fsp3) is 0.500. The lowest BCUT2D eigenvalue weighted by molar-refractivity contribution is -0.106.